The number of hydrogen-bond acceptors (Lipinski definition) is 5. The van der Waals surface area contributed by atoms with Crippen molar-refractivity contribution in [3.8, 4) is 0 Å². The van der Waals surface area contributed by atoms with E-state index in [1.165, 1.54) is 7.11 Å². The molecule has 0 aliphatic rings. The molecule has 0 spiro atoms. The summed E-state index contributed by atoms with van der Waals surface area (Å²) in [4.78, 5) is 27.4. The van der Waals surface area contributed by atoms with Crippen LogP contribution in [0.2, 0.25) is 0 Å². The molecular formula is C14H16N4O3. The molecule has 2 rings (SSSR count). The first-order chi connectivity index (χ1) is 10.0. The number of nitrogens with zero attached hydrogens (tertiary/aromatic N) is 2. The fourth-order valence-electron chi connectivity index (χ4n) is 1.63. The van der Waals surface area contributed by atoms with Crippen molar-refractivity contribution in [1.82, 2.24) is 15.2 Å². The summed E-state index contributed by atoms with van der Waals surface area (Å²) in [5.41, 5.74) is 0.957. The Morgan fingerprint density at radius 2 is 1.90 bits per heavy atom. The molecule has 7 heteroatoms. The summed E-state index contributed by atoms with van der Waals surface area (Å²) in [5, 5.41) is 9.25. The SMILES string of the molecule is COC(=O)c1ccc(NC(=O)c2n[nH]c(C(C)C)n2)cc1. The topological polar surface area (TPSA) is 97.0 Å². The van der Waals surface area contributed by atoms with Crippen molar-refractivity contribution in [2.75, 3.05) is 12.4 Å². The highest BCUT2D eigenvalue weighted by atomic mass is 16.5. The number of aromatic amines is 1. The molecule has 1 heterocycles. The number of aromatic nitrogens is 3. The van der Waals surface area contributed by atoms with Gasteiger partial charge in [-0.3, -0.25) is 9.89 Å². The molecule has 2 N–H and O–H groups in total. The van der Waals surface area contributed by atoms with Crippen molar-refractivity contribution in [2.24, 2.45) is 0 Å². The van der Waals surface area contributed by atoms with E-state index in [-0.39, 0.29) is 11.7 Å². The molecule has 7 nitrogen and oxygen atoms in total. The minimum Gasteiger partial charge on any atom is -0.465 e. The van der Waals surface area contributed by atoms with Crippen molar-refractivity contribution in [3.05, 3.63) is 41.5 Å². The molecule has 1 aromatic heterocycles. The number of amides is 1. The highest BCUT2D eigenvalue weighted by Crippen LogP contribution is 2.12. The Labute approximate surface area is 121 Å². The van der Waals surface area contributed by atoms with E-state index >= 15 is 0 Å². The third-order valence-electron chi connectivity index (χ3n) is 2.82. The van der Waals surface area contributed by atoms with Gasteiger partial charge in [-0.2, -0.15) is 0 Å². The second kappa shape index (κ2) is 6.17. The van der Waals surface area contributed by atoms with Crippen LogP contribution in [0, 0.1) is 0 Å². The summed E-state index contributed by atoms with van der Waals surface area (Å²) in [6.45, 7) is 3.90. The van der Waals surface area contributed by atoms with Crippen LogP contribution < -0.4 is 5.32 Å². The van der Waals surface area contributed by atoms with Gasteiger partial charge < -0.3 is 10.1 Å². The van der Waals surface area contributed by atoms with Gasteiger partial charge in [0.15, 0.2) is 0 Å². The number of carbonyl (C=O) groups excluding carboxylic acids is 2. The molecule has 2 aromatic rings. The van der Waals surface area contributed by atoms with Crippen molar-refractivity contribution in [3.63, 3.8) is 0 Å². The standard InChI is InChI=1S/C14H16N4O3/c1-8(2)11-16-12(18-17-11)13(19)15-10-6-4-9(5-7-10)14(20)21-3/h4-8H,1-3H3,(H,15,19)(H,16,17,18). The van der Waals surface area contributed by atoms with Crippen molar-refractivity contribution in [1.29, 1.82) is 0 Å². The van der Waals surface area contributed by atoms with Gasteiger partial charge in [0.2, 0.25) is 5.82 Å². The number of hydrogen-bond donors (Lipinski definition) is 2. The van der Waals surface area contributed by atoms with E-state index in [9.17, 15) is 9.59 Å². The number of methoxy groups -OCH3 is 1. The lowest BCUT2D eigenvalue weighted by Crippen LogP contribution is -2.14. The predicted molar refractivity (Wildman–Crippen MR) is 76.2 cm³/mol. The smallest absolute Gasteiger partial charge is 0.337 e. The van der Waals surface area contributed by atoms with E-state index < -0.39 is 11.9 Å². The van der Waals surface area contributed by atoms with Crippen LogP contribution >= 0.6 is 0 Å². The molecule has 0 aliphatic carbocycles. The summed E-state index contributed by atoms with van der Waals surface area (Å²) >= 11 is 0. The van der Waals surface area contributed by atoms with E-state index in [2.05, 4.69) is 25.2 Å². The molecule has 0 atom stereocenters. The Bertz CT molecular complexity index is 646. The number of ether oxygens (including phenoxy) is 1. The summed E-state index contributed by atoms with van der Waals surface area (Å²) in [7, 11) is 1.31. The lowest BCUT2D eigenvalue weighted by molar-refractivity contribution is 0.0600. The molecule has 21 heavy (non-hydrogen) atoms. The van der Waals surface area contributed by atoms with Crippen LogP contribution in [0.1, 0.15) is 46.6 Å². The zero-order chi connectivity index (χ0) is 15.4. The molecule has 0 saturated carbocycles. The molecule has 0 unspecified atom stereocenters. The summed E-state index contributed by atoms with van der Waals surface area (Å²) < 4.78 is 4.60. The number of nitrogens with one attached hydrogen (secondary N) is 2. The van der Waals surface area contributed by atoms with Gasteiger partial charge in [0.1, 0.15) is 5.82 Å². The van der Waals surface area contributed by atoms with Gasteiger partial charge in [-0.1, -0.05) is 13.8 Å². The van der Waals surface area contributed by atoms with Crippen LogP contribution in [-0.4, -0.2) is 34.2 Å². The first-order valence-corrected chi connectivity index (χ1v) is 6.43. The maximum Gasteiger partial charge on any atom is 0.337 e. The largest absolute Gasteiger partial charge is 0.465 e. The molecule has 1 amide bonds. The Morgan fingerprint density at radius 1 is 1.24 bits per heavy atom. The maximum absolute atomic E-state index is 12.0. The summed E-state index contributed by atoms with van der Waals surface area (Å²) in [5.74, 6) is 0.0581. The number of carbonyl (C=O) groups is 2. The number of rotatable bonds is 4. The molecule has 0 aliphatic heterocycles. The van der Waals surface area contributed by atoms with Gasteiger partial charge >= 0.3 is 5.97 Å². The Morgan fingerprint density at radius 3 is 2.43 bits per heavy atom. The van der Waals surface area contributed by atoms with E-state index in [4.69, 9.17) is 0 Å². The maximum atomic E-state index is 12.0. The van der Waals surface area contributed by atoms with Gasteiger partial charge in [-0.25, -0.2) is 9.78 Å². The first kappa shape index (κ1) is 14.7. The van der Waals surface area contributed by atoms with Crippen LogP contribution in [-0.2, 0) is 4.74 Å². The quantitative estimate of drug-likeness (QED) is 0.838. The van der Waals surface area contributed by atoms with E-state index in [1.807, 2.05) is 13.8 Å². The Hall–Kier alpha value is -2.70. The number of benzene rings is 1. The molecule has 0 bridgehead atoms. The lowest BCUT2D eigenvalue weighted by Gasteiger charge is -2.03. The zero-order valence-electron chi connectivity index (χ0n) is 12.0. The van der Waals surface area contributed by atoms with E-state index in [0.29, 0.717) is 17.1 Å². The van der Waals surface area contributed by atoms with Crippen LogP contribution in [0.15, 0.2) is 24.3 Å². The second-order valence-electron chi connectivity index (χ2n) is 4.72. The fourth-order valence-corrected chi connectivity index (χ4v) is 1.63. The lowest BCUT2D eigenvalue weighted by atomic mass is 10.2. The molecule has 110 valence electrons. The fraction of sp³-hybridized carbons (Fsp3) is 0.286. The molecule has 0 radical (unpaired) electrons. The predicted octanol–water partition coefficient (Wildman–Crippen LogP) is 1.97. The Kier molecular flexibility index (Phi) is 4.32. The van der Waals surface area contributed by atoms with Crippen molar-refractivity contribution in [2.45, 2.75) is 19.8 Å². The normalized spacial score (nSPS) is 10.5. The average Bonchev–Trinajstić information content (AvgIpc) is 2.97. The molecular weight excluding hydrogens is 272 g/mol. The zero-order valence-corrected chi connectivity index (χ0v) is 12.0. The molecule has 0 saturated heterocycles. The highest BCUT2D eigenvalue weighted by Gasteiger charge is 2.14. The third kappa shape index (κ3) is 3.44. The summed E-state index contributed by atoms with van der Waals surface area (Å²) in [6.07, 6.45) is 0. The van der Waals surface area contributed by atoms with E-state index in [1.54, 1.807) is 24.3 Å². The average molecular weight is 288 g/mol. The van der Waals surface area contributed by atoms with Gasteiger partial charge in [0, 0.05) is 11.6 Å². The Balaban J connectivity index is 2.06. The minimum atomic E-state index is -0.427. The van der Waals surface area contributed by atoms with Gasteiger partial charge in [0.25, 0.3) is 5.91 Å². The van der Waals surface area contributed by atoms with Crippen LogP contribution in [0.4, 0.5) is 5.69 Å². The second-order valence-corrected chi connectivity index (χ2v) is 4.72. The third-order valence-corrected chi connectivity index (χ3v) is 2.82. The van der Waals surface area contributed by atoms with Crippen molar-refractivity contribution >= 4 is 17.6 Å². The first-order valence-electron chi connectivity index (χ1n) is 6.43. The van der Waals surface area contributed by atoms with Gasteiger partial charge in [-0.15, -0.1) is 5.10 Å². The van der Waals surface area contributed by atoms with Crippen LogP contribution in [0.5, 0.6) is 0 Å². The van der Waals surface area contributed by atoms with Crippen LogP contribution in [0.3, 0.4) is 0 Å². The molecule has 0 fully saturated rings. The van der Waals surface area contributed by atoms with Gasteiger partial charge in [0.05, 0.1) is 12.7 Å². The number of anilines is 1. The van der Waals surface area contributed by atoms with Gasteiger partial charge in [-0.05, 0) is 24.3 Å². The monoisotopic (exact) mass is 288 g/mol. The van der Waals surface area contributed by atoms with E-state index in [0.717, 1.165) is 0 Å². The highest BCUT2D eigenvalue weighted by molar-refractivity contribution is 6.01. The summed E-state index contributed by atoms with van der Waals surface area (Å²) in [6, 6.07) is 6.36. The van der Waals surface area contributed by atoms with Crippen LogP contribution in [0.25, 0.3) is 0 Å². The minimum absolute atomic E-state index is 0.0794. The van der Waals surface area contributed by atoms with Crippen molar-refractivity contribution < 1.29 is 14.3 Å². The number of H-pyrrole nitrogens is 1. The number of esters is 1. The molecule has 1 aromatic carbocycles.